The highest BCUT2D eigenvalue weighted by Gasteiger charge is 2.17. The number of hydrogen-bond donors (Lipinski definition) is 1. The topological polar surface area (TPSA) is 55.4 Å². The standard InChI is InChI=1S/C22H18ClNO3/c1-15(27-21(25)14-13-17-8-3-5-11-19(17)23)22(26)24-20-12-6-9-16-7-2-4-10-18(16)20/h2-15H,1H3,(H,24,26)/b14-13+/t15-/m0/s1. The summed E-state index contributed by atoms with van der Waals surface area (Å²) < 4.78 is 5.18. The fraction of sp³-hybridized carbons (Fsp3) is 0.0909. The van der Waals surface area contributed by atoms with E-state index in [1.807, 2.05) is 48.5 Å². The van der Waals surface area contributed by atoms with Crippen molar-refractivity contribution >= 4 is 46.0 Å². The van der Waals surface area contributed by atoms with Crippen molar-refractivity contribution in [1.82, 2.24) is 0 Å². The second-order valence-corrected chi connectivity index (χ2v) is 6.36. The predicted molar refractivity (Wildman–Crippen MR) is 109 cm³/mol. The van der Waals surface area contributed by atoms with Gasteiger partial charge in [-0.25, -0.2) is 4.79 Å². The number of benzene rings is 3. The van der Waals surface area contributed by atoms with Gasteiger partial charge in [0.15, 0.2) is 6.10 Å². The van der Waals surface area contributed by atoms with Gasteiger partial charge >= 0.3 is 5.97 Å². The van der Waals surface area contributed by atoms with Gasteiger partial charge in [-0.2, -0.15) is 0 Å². The quantitative estimate of drug-likeness (QED) is 0.497. The minimum absolute atomic E-state index is 0.397. The molecule has 5 heteroatoms. The summed E-state index contributed by atoms with van der Waals surface area (Å²) in [7, 11) is 0. The molecule has 27 heavy (non-hydrogen) atoms. The smallest absolute Gasteiger partial charge is 0.331 e. The first-order valence-corrected chi connectivity index (χ1v) is 8.84. The molecular weight excluding hydrogens is 362 g/mol. The van der Waals surface area contributed by atoms with Crippen molar-refractivity contribution in [2.45, 2.75) is 13.0 Å². The first kappa shape index (κ1) is 18.7. The van der Waals surface area contributed by atoms with Crippen LogP contribution in [0.25, 0.3) is 16.8 Å². The van der Waals surface area contributed by atoms with Crippen molar-refractivity contribution in [3.05, 3.63) is 83.4 Å². The Morgan fingerprint density at radius 3 is 2.52 bits per heavy atom. The van der Waals surface area contributed by atoms with E-state index in [1.165, 1.54) is 13.0 Å². The van der Waals surface area contributed by atoms with Crippen LogP contribution in [0.3, 0.4) is 0 Å². The number of ether oxygens (including phenoxy) is 1. The highest BCUT2D eigenvalue weighted by molar-refractivity contribution is 6.32. The summed E-state index contributed by atoms with van der Waals surface area (Å²) in [4.78, 5) is 24.4. The summed E-state index contributed by atoms with van der Waals surface area (Å²) in [6, 6.07) is 20.5. The molecule has 0 heterocycles. The van der Waals surface area contributed by atoms with Gasteiger partial charge in [0.05, 0.1) is 0 Å². The van der Waals surface area contributed by atoms with Gasteiger partial charge in [-0.05, 0) is 36.1 Å². The lowest BCUT2D eigenvalue weighted by atomic mass is 10.1. The largest absolute Gasteiger partial charge is 0.449 e. The number of esters is 1. The molecule has 0 aromatic heterocycles. The molecule has 1 N–H and O–H groups in total. The van der Waals surface area contributed by atoms with Crippen molar-refractivity contribution < 1.29 is 14.3 Å². The summed E-state index contributed by atoms with van der Waals surface area (Å²) in [5.74, 6) is -1.01. The van der Waals surface area contributed by atoms with E-state index in [-0.39, 0.29) is 0 Å². The third-order valence-electron chi connectivity index (χ3n) is 4.01. The molecule has 0 spiro atoms. The number of anilines is 1. The molecule has 0 saturated heterocycles. The second kappa shape index (κ2) is 8.52. The van der Waals surface area contributed by atoms with Crippen molar-refractivity contribution in [3.63, 3.8) is 0 Å². The molecule has 0 saturated carbocycles. The summed E-state index contributed by atoms with van der Waals surface area (Å²) in [5, 5.41) is 5.28. The zero-order chi connectivity index (χ0) is 19.2. The number of rotatable bonds is 5. The summed E-state index contributed by atoms with van der Waals surface area (Å²) >= 11 is 6.03. The highest BCUT2D eigenvalue weighted by atomic mass is 35.5. The fourth-order valence-corrected chi connectivity index (χ4v) is 2.80. The Hall–Kier alpha value is -3.11. The molecule has 1 atom stereocenters. The molecule has 0 radical (unpaired) electrons. The number of fused-ring (bicyclic) bond motifs is 1. The molecule has 0 aliphatic rings. The SMILES string of the molecule is C[C@H](OC(=O)/C=C/c1ccccc1Cl)C(=O)Nc1cccc2ccccc12. The summed E-state index contributed by atoms with van der Waals surface area (Å²) in [6.45, 7) is 1.53. The fourth-order valence-electron chi connectivity index (χ4n) is 2.60. The second-order valence-electron chi connectivity index (χ2n) is 5.95. The summed E-state index contributed by atoms with van der Waals surface area (Å²) in [5.41, 5.74) is 1.37. The third-order valence-corrected chi connectivity index (χ3v) is 4.36. The van der Waals surface area contributed by atoms with Crippen LogP contribution < -0.4 is 5.32 Å². The predicted octanol–water partition coefficient (Wildman–Crippen LogP) is 5.08. The number of nitrogens with one attached hydrogen (secondary N) is 1. The molecule has 0 bridgehead atoms. The molecule has 3 aromatic rings. The minimum atomic E-state index is -0.938. The Labute approximate surface area is 162 Å². The van der Waals surface area contributed by atoms with Crippen molar-refractivity contribution in [1.29, 1.82) is 0 Å². The van der Waals surface area contributed by atoms with E-state index in [0.717, 1.165) is 10.8 Å². The van der Waals surface area contributed by atoms with Crippen LogP contribution in [0.4, 0.5) is 5.69 Å². The molecule has 4 nitrogen and oxygen atoms in total. The molecule has 0 unspecified atom stereocenters. The third kappa shape index (κ3) is 4.74. The number of amides is 1. The lowest BCUT2D eigenvalue weighted by Gasteiger charge is -2.14. The van der Waals surface area contributed by atoms with Crippen molar-refractivity contribution in [2.75, 3.05) is 5.32 Å². The maximum Gasteiger partial charge on any atom is 0.331 e. The first-order chi connectivity index (χ1) is 13.0. The van der Waals surface area contributed by atoms with E-state index in [2.05, 4.69) is 5.32 Å². The highest BCUT2D eigenvalue weighted by Crippen LogP contribution is 2.23. The maximum absolute atomic E-state index is 12.4. The number of halogens is 1. The van der Waals surface area contributed by atoms with E-state index in [4.69, 9.17) is 16.3 Å². The van der Waals surface area contributed by atoms with Crippen LogP contribution in [0.5, 0.6) is 0 Å². The normalized spacial score (nSPS) is 12.1. The summed E-state index contributed by atoms with van der Waals surface area (Å²) in [6.07, 6.45) is 1.87. The maximum atomic E-state index is 12.4. The van der Waals surface area contributed by atoms with E-state index in [9.17, 15) is 9.59 Å². The van der Waals surface area contributed by atoms with Gasteiger partial charge in [0, 0.05) is 22.2 Å². The van der Waals surface area contributed by atoms with E-state index < -0.39 is 18.0 Å². The van der Waals surface area contributed by atoms with Crippen LogP contribution in [0, 0.1) is 0 Å². The molecule has 1 amide bonds. The number of carbonyl (C=O) groups is 2. The Morgan fingerprint density at radius 1 is 1.00 bits per heavy atom. The van der Waals surface area contributed by atoms with E-state index >= 15 is 0 Å². The van der Waals surface area contributed by atoms with Gasteiger partial charge in [-0.1, -0.05) is 66.2 Å². The average Bonchev–Trinajstić information content (AvgIpc) is 2.67. The molecule has 0 fully saturated rings. The monoisotopic (exact) mass is 379 g/mol. The average molecular weight is 380 g/mol. The van der Waals surface area contributed by atoms with Crippen LogP contribution in [0.1, 0.15) is 12.5 Å². The Bertz CT molecular complexity index is 1010. The van der Waals surface area contributed by atoms with Crippen LogP contribution in [-0.2, 0) is 14.3 Å². The molecule has 136 valence electrons. The van der Waals surface area contributed by atoms with Crippen molar-refractivity contribution in [3.8, 4) is 0 Å². The van der Waals surface area contributed by atoms with E-state index in [1.54, 1.807) is 24.3 Å². The van der Waals surface area contributed by atoms with Gasteiger partial charge in [0.2, 0.25) is 0 Å². The van der Waals surface area contributed by atoms with Crippen LogP contribution in [-0.4, -0.2) is 18.0 Å². The van der Waals surface area contributed by atoms with Crippen molar-refractivity contribution in [2.24, 2.45) is 0 Å². The Balaban J connectivity index is 1.63. The lowest BCUT2D eigenvalue weighted by Crippen LogP contribution is -2.29. The molecule has 0 aliphatic heterocycles. The van der Waals surface area contributed by atoms with Crippen LogP contribution in [0.2, 0.25) is 5.02 Å². The van der Waals surface area contributed by atoms with Crippen LogP contribution in [0.15, 0.2) is 72.8 Å². The number of hydrogen-bond acceptors (Lipinski definition) is 3. The molecule has 3 rings (SSSR count). The molecule has 3 aromatic carbocycles. The Morgan fingerprint density at radius 2 is 1.70 bits per heavy atom. The Kier molecular flexibility index (Phi) is 5.89. The zero-order valence-corrected chi connectivity index (χ0v) is 15.4. The van der Waals surface area contributed by atoms with Gasteiger partial charge < -0.3 is 10.1 Å². The number of carbonyl (C=O) groups excluding carboxylic acids is 2. The first-order valence-electron chi connectivity index (χ1n) is 8.46. The van der Waals surface area contributed by atoms with Gasteiger partial charge in [0.1, 0.15) is 0 Å². The van der Waals surface area contributed by atoms with Gasteiger partial charge in [-0.15, -0.1) is 0 Å². The van der Waals surface area contributed by atoms with Gasteiger partial charge in [-0.3, -0.25) is 4.79 Å². The van der Waals surface area contributed by atoms with Crippen LogP contribution >= 0.6 is 11.6 Å². The minimum Gasteiger partial charge on any atom is -0.449 e. The molecular formula is C22H18ClNO3. The van der Waals surface area contributed by atoms with E-state index in [0.29, 0.717) is 16.3 Å². The zero-order valence-electron chi connectivity index (χ0n) is 14.7. The molecule has 0 aliphatic carbocycles. The van der Waals surface area contributed by atoms with Gasteiger partial charge in [0.25, 0.3) is 5.91 Å². The lowest BCUT2D eigenvalue weighted by molar-refractivity contribution is -0.148.